The number of nitrogens with zero attached hydrogens (tertiary/aromatic N) is 6. The van der Waals surface area contributed by atoms with E-state index in [2.05, 4.69) is 0 Å². The van der Waals surface area contributed by atoms with Gasteiger partial charge in [0.25, 0.3) is 23.2 Å². The summed E-state index contributed by atoms with van der Waals surface area (Å²) in [6, 6.07) is 42.1. The lowest BCUT2D eigenvalue weighted by Gasteiger charge is -2.28. The predicted molar refractivity (Wildman–Crippen MR) is 227 cm³/mol. The van der Waals surface area contributed by atoms with Crippen LogP contribution in [0.3, 0.4) is 0 Å². The van der Waals surface area contributed by atoms with Crippen molar-refractivity contribution < 1.29 is 38.7 Å². The molecule has 6 aromatic carbocycles. The molecule has 6 atom stereocenters. The van der Waals surface area contributed by atoms with E-state index in [0.29, 0.717) is 40.3 Å². The van der Waals surface area contributed by atoms with E-state index in [-0.39, 0.29) is 11.4 Å². The first-order valence-electron chi connectivity index (χ1n) is 20.0. The molecule has 0 spiro atoms. The van der Waals surface area contributed by atoms with Crippen molar-refractivity contribution in [3.05, 3.63) is 200 Å². The standard InChI is InChI=1S/C47H34N6O10/c54-44-38-40(30-9-7-15-36(26-30)52(58)59)50(34-11-3-1-4-12-34)62-42(38)46(56)48(44)32-21-17-28(18-22-32)25-29-19-23-33(24-20-29)49-45(55)39-41(31-10-8-16-37(27-31)53(60)61)51(63-43(39)47(49)57)35-13-5-2-6-14-35/h1-24,26-27,38-43H,25H2/t38-,39+,40?,41?,42+,43-. The van der Waals surface area contributed by atoms with Crippen molar-refractivity contribution in [2.45, 2.75) is 30.7 Å². The molecule has 4 heterocycles. The third-order valence-corrected chi connectivity index (χ3v) is 11.9. The first-order chi connectivity index (χ1) is 30.6. The van der Waals surface area contributed by atoms with Gasteiger partial charge < -0.3 is 0 Å². The molecule has 10 rings (SSSR count). The second-order valence-corrected chi connectivity index (χ2v) is 15.6. The number of hydrogen-bond donors (Lipinski definition) is 0. The number of nitro groups is 2. The fourth-order valence-electron chi connectivity index (χ4n) is 9.02. The molecule has 63 heavy (non-hydrogen) atoms. The first-order valence-corrected chi connectivity index (χ1v) is 20.0. The van der Waals surface area contributed by atoms with Gasteiger partial charge in [0.1, 0.15) is 11.8 Å². The summed E-state index contributed by atoms with van der Waals surface area (Å²) < 4.78 is 0. The number of carbonyl (C=O) groups is 4. The highest BCUT2D eigenvalue weighted by atomic mass is 16.7. The monoisotopic (exact) mass is 842 g/mol. The number of nitro benzene ring substituents is 2. The fourth-order valence-corrected chi connectivity index (χ4v) is 9.02. The number of non-ortho nitro benzene ring substituents is 2. The lowest BCUT2D eigenvalue weighted by Crippen LogP contribution is -2.37. The Hall–Kier alpha value is -8.08. The molecular formula is C47H34N6O10. The largest absolute Gasteiger partial charge is 0.273 e. The summed E-state index contributed by atoms with van der Waals surface area (Å²) in [6.45, 7) is 0. The molecule has 0 aliphatic carbocycles. The highest BCUT2D eigenvalue weighted by Gasteiger charge is 2.61. The molecule has 4 saturated heterocycles. The zero-order valence-corrected chi connectivity index (χ0v) is 32.9. The van der Waals surface area contributed by atoms with Crippen LogP contribution in [0.25, 0.3) is 0 Å². The van der Waals surface area contributed by atoms with Crippen LogP contribution in [0.1, 0.15) is 34.3 Å². The molecule has 6 aromatic rings. The van der Waals surface area contributed by atoms with Gasteiger partial charge in [0.15, 0.2) is 12.2 Å². The Balaban J connectivity index is 0.859. The zero-order chi connectivity index (χ0) is 43.5. The maximum absolute atomic E-state index is 14.2. The van der Waals surface area contributed by atoms with Gasteiger partial charge in [-0.2, -0.15) is 0 Å². The second kappa shape index (κ2) is 15.4. The molecule has 0 saturated carbocycles. The number of fused-ring (bicyclic) bond motifs is 2. The Morgan fingerprint density at radius 1 is 0.444 bits per heavy atom. The van der Waals surface area contributed by atoms with Crippen LogP contribution in [0.5, 0.6) is 0 Å². The van der Waals surface area contributed by atoms with Gasteiger partial charge in [-0.05, 0) is 77.2 Å². The summed E-state index contributed by atoms with van der Waals surface area (Å²) in [5, 5.41) is 26.3. The number of imide groups is 2. The van der Waals surface area contributed by atoms with Crippen molar-refractivity contribution in [1.82, 2.24) is 0 Å². The van der Waals surface area contributed by atoms with Crippen LogP contribution in [0, 0.1) is 32.1 Å². The van der Waals surface area contributed by atoms with Crippen molar-refractivity contribution in [3.8, 4) is 0 Å². The maximum Gasteiger partial charge on any atom is 0.269 e. The molecule has 0 radical (unpaired) electrons. The van der Waals surface area contributed by atoms with Gasteiger partial charge in [0.05, 0.1) is 44.7 Å². The Labute approximate surface area is 358 Å². The van der Waals surface area contributed by atoms with E-state index in [9.17, 15) is 39.4 Å². The number of carbonyl (C=O) groups excluding carboxylic acids is 4. The molecule has 0 N–H and O–H groups in total. The summed E-state index contributed by atoms with van der Waals surface area (Å²) >= 11 is 0. The van der Waals surface area contributed by atoms with Crippen molar-refractivity contribution in [3.63, 3.8) is 0 Å². The smallest absolute Gasteiger partial charge is 0.269 e. The number of benzene rings is 6. The van der Waals surface area contributed by atoms with E-state index in [1.807, 2.05) is 12.1 Å². The van der Waals surface area contributed by atoms with Gasteiger partial charge in [0, 0.05) is 24.3 Å². The minimum atomic E-state index is -1.16. The highest BCUT2D eigenvalue weighted by molar-refractivity contribution is 6.24. The number of hydroxylamine groups is 2. The molecule has 16 heteroatoms. The molecular weight excluding hydrogens is 809 g/mol. The third-order valence-electron chi connectivity index (χ3n) is 11.9. The van der Waals surface area contributed by atoms with Gasteiger partial charge in [-0.15, -0.1) is 0 Å². The molecule has 4 aliphatic heterocycles. The average Bonchev–Trinajstić information content (AvgIpc) is 4.03. The van der Waals surface area contributed by atoms with Crippen molar-refractivity contribution >= 4 is 57.8 Å². The van der Waals surface area contributed by atoms with E-state index in [1.165, 1.54) is 34.4 Å². The Morgan fingerprint density at radius 2 is 0.825 bits per heavy atom. The van der Waals surface area contributed by atoms with Crippen LogP contribution in [-0.4, -0.2) is 45.7 Å². The van der Waals surface area contributed by atoms with Gasteiger partial charge in [-0.3, -0.25) is 49.1 Å². The molecule has 16 nitrogen and oxygen atoms in total. The lowest BCUT2D eigenvalue weighted by molar-refractivity contribution is -0.385. The summed E-state index contributed by atoms with van der Waals surface area (Å²) in [5.74, 6) is -4.04. The summed E-state index contributed by atoms with van der Waals surface area (Å²) in [5.41, 5.74) is 4.18. The van der Waals surface area contributed by atoms with E-state index < -0.39 is 69.6 Å². The molecule has 4 fully saturated rings. The first kappa shape index (κ1) is 39.1. The predicted octanol–water partition coefficient (Wildman–Crippen LogP) is 7.20. The number of rotatable bonds is 10. The van der Waals surface area contributed by atoms with E-state index >= 15 is 0 Å². The van der Waals surface area contributed by atoms with Crippen LogP contribution >= 0.6 is 0 Å². The van der Waals surface area contributed by atoms with Gasteiger partial charge in [0.2, 0.25) is 11.8 Å². The lowest BCUT2D eigenvalue weighted by atomic mass is 9.90. The van der Waals surface area contributed by atoms with Crippen molar-refractivity contribution in [1.29, 1.82) is 0 Å². The SMILES string of the molecule is O=C1[C@H]2ON(c3ccccc3)C(c3cccc([N+](=O)[O-])c3)[C@H]2C(=O)N1c1ccc(Cc2ccc(N3C(=O)[C@@H]4ON(c5ccccc5)C(c5cccc([N+](=O)[O-])c5)[C@@H]4C3=O)cc2)cc1. The summed E-state index contributed by atoms with van der Waals surface area (Å²) in [4.78, 5) is 93.1. The second-order valence-electron chi connectivity index (χ2n) is 15.6. The fraction of sp³-hybridized carbons (Fsp3) is 0.149. The van der Waals surface area contributed by atoms with Crippen molar-refractivity contribution in [2.24, 2.45) is 11.8 Å². The number of amides is 4. The molecule has 2 unspecified atom stereocenters. The Bertz CT molecular complexity index is 2630. The van der Waals surface area contributed by atoms with E-state index in [1.54, 1.807) is 121 Å². The van der Waals surface area contributed by atoms with Crippen molar-refractivity contribution in [2.75, 3.05) is 19.9 Å². The van der Waals surface area contributed by atoms with Crippen LogP contribution in [-0.2, 0) is 35.3 Å². The average molecular weight is 843 g/mol. The van der Waals surface area contributed by atoms with E-state index in [4.69, 9.17) is 9.68 Å². The van der Waals surface area contributed by atoms with E-state index in [0.717, 1.165) is 20.9 Å². The molecule has 0 aromatic heterocycles. The third kappa shape index (κ3) is 6.64. The normalized spacial score (nSPS) is 22.8. The van der Waals surface area contributed by atoms with Gasteiger partial charge in [-0.25, -0.2) is 19.9 Å². The molecule has 4 amide bonds. The summed E-state index contributed by atoms with van der Waals surface area (Å²) in [6.07, 6.45) is -1.88. The van der Waals surface area contributed by atoms with Crippen LogP contribution in [0.4, 0.5) is 34.1 Å². The minimum Gasteiger partial charge on any atom is -0.273 e. The Kier molecular flexibility index (Phi) is 9.57. The quantitative estimate of drug-likeness (QED) is 0.0769. The number of para-hydroxylation sites is 2. The highest BCUT2D eigenvalue weighted by Crippen LogP contribution is 2.50. The number of hydrogen-bond acceptors (Lipinski definition) is 12. The minimum absolute atomic E-state index is 0.151. The van der Waals surface area contributed by atoms with Gasteiger partial charge in [-0.1, -0.05) is 84.9 Å². The van der Waals surface area contributed by atoms with Crippen LogP contribution in [0.15, 0.2) is 158 Å². The summed E-state index contributed by atoms with van der Waals surface area (Å²) in [7, 11) is 0. The topological polar surface area (TPSA) is 186 Å². The van der Waals surface area contributed by atoms with Gasteiger partial charge >= 0.3 is 0 Å². The number of anilines is 4. The molecule has 4 aliphatic rings. The zero-order valence-electron chi connectivity index (χ0n) is 32.9. The molecule has 0 bridgehead atoms. The Morgan fingerprint density at radius 3 is 1.19 bits per heavy atom. The van der Waals surface area contributed by atoms with Crippen LogP contribution in [0.2, 0.25) is 0 Å². The van der Waals surface area contributed by atoms with Crippen LogP contribution < -0.4 is 19.9 Å². The maximum atomic E-state index is 14.2. The molecule has 312 valence electrons.